The Hall–Kier alpha value is -1.14. The molecule has 1 saturated heterocycles. The van der Waals surface area contributed by atoms with Crippen molar-refractivity contribution in [1.82, 2.24) is 9.80 Å². The largest absolute Gasteiger partial charge is 0.468 e. The van der Waals surface area contributed by atoms with Crippen LogP contribution >= 0.6 is 0 Å². The van der Waals surface area contributed by atoms with Crippen LogP contribution in [0.4, 0.5) is 0 Å². The molecule has 0 radical (unpaired) electrons. The molecule has 0 aromatic rings. The Kier molecular flexibility index (Phi) is 4.65. The highest BCUT2D eigenvalue weighted by molar-refractivity contribution is 5.83. The lowest BCUT2D eigenvalue weighted by Gasteiger charge is -2.39. The van der Waals surface area contributed by atoms with E-state index in [0.717, 1.165) is 19.3 Å². The second kappa shape index (κ2) is 6.10. The van der Waals surface area contributed by atoms with Crippen molar-refractivity contribution in [3.63, 3.8) is 0 Å². The normalized spacial score (nSPS) is 31.4. The van der Waals surface area contributed by atoms with Crippen LogP contribution in [0.2, 0.25) is 0 Å². The summed E-state index contributed by atoms with van der Waals surface area (Å²) in [6.45, 7) is 5.05. The first kappa shape index (κ1) is 15.3. The lowest BCUT2D eigenvalue weighted by atomic mass is 9.83. The molecule has 20 heavy (non-hydrogen) atoms. The number of nitrogens with two attached hydrogens (primary N) is 1. The average molecular weight is 283 g/mol. The van der Waals surface area contributed by atoms with E-state index in [4.69, 9.17) is 5.73 Å². The van der Waals surface area contributed by atoms with Gasteiger partial charge in [0.05, 0.1) is 19.1 Å². The first-order chi connectivity index (χ1) is 9.47. The molecule has 1 aliphatic heterocycles. The van der Waals surface area contributed by atoms with Crippen molar-refractivity contribution < 1.29 is 14.3 Å². The van der Waals surface area contributed by atoms with Crippen molar-refractivity contribution >= 4 is 11.9 Å². The van der Waals surface area contributed by atoms with Crippen molar-refractivity contribution in [3.05, 3.63) is 0 Å². The molecule has 0 aromatic heterocycles. The molecule has 2 aliphatic rings. The van der Waals surface area contributed by atoms with Crippen LogP contribution in [0.15, 0.2) is 0 Å². The molecule has 2 rings (SSSR count). The standard InChI is InChI=1S/C14H25N3O3/c1-14(5-3-4-11(14)15)13(19)17-8-6-16(7-9-17)10-12(18)20-2/h11H,3-10,15H2,1-2H3. The maximum atomic E-state index is 12.7. The SMILES string of the molecule is COC(=O)CN1CCN(C(=O)C2(C)CCCC2N)CC1. The second-order valence-corrected chi connectivity index (χ2v) is 6.06. The minimum Gasteiger partial charge on any atom is -0.468 e. The van der Waals surface area contributed by atoms with Gasteiger partial charge in [0.25, 0.3) is 0 Å². The first-order valence-electron chi connectivity index (χ1n) is 7.31. The Bertz CT molecular complexity index is 380. The number of rotatable bonds is 3. The molecule has 2 N–H and O–H groups in total. The highest BCUT2D eigenvalue weighted by Gasteiger charge is 2.45. The van der Waals surface area contributed by atoms with Gasteiger partial charge in [-0.3, -0.25) is 14.5 Å². The lowest BCUT2D eigenvalue weighted by molar-refractivity contribution is -0.145. The number of ether oxygens (including phenoxy) is 1. The predicted octanol–water partition coefficient (Wildman–Crippen LogP) is -0.179. The maximum Gasteiger partial charge on any atom is 0.319 e. The van der Waals surface area contributed by atoms with Crippen molar-refractivity contribution in [2.45, 2.75) is 32.2 Å². The third-order valence-corrected chi connectivity index (χ3v) is 4.76. The van der Waals surface area contributed by atoms with Gasteiger partial charge in [-0.15, -0.1) is 0 Å². The van der Waals surface area contributed by atoms with E-state index in [0.29, 0.717) is 32.7 Å². The molecule has 6 heteroatoms. The van der Waals surface area contributed by atoms with Crippen LogP contribution < -0.4 is 5.73 Å². The number of esters is 1. The monoisotopic (exact) mass is 283 g/mol. The van der Waals surface area contributed by atoms with Gasteiger partial charge in [-0.05, 0) is 19.8 Å². The van der Waals surface area contributed by atoms with Crippen LogP contribution in [0.25, 0.3) is 0 Å². The van der Waals surface area contributed by atoms with Gasteiger partial charge in [0.15, 0.2) is 0 Å². The fourth-order valence-electron chi connectivity index (χ4n) is 3.18. The van der Waals surface area contributed by atoms with Crippen molar-refractivity contribution in [3.8, 4) is 0 Å². The lowest BCUT2D eigenvalue weighted by Crippen LogP contribution is -2.56. The summed E-state index contributed by atoms with van der Waals surface area (Å²) in [6, 6.07) is -0.0249. The molecule has 0 spiro atoms. The highest BCUT2D eigenvalue weighted by atomic mass is 16.5. The van der Waals surface area contributed by atoms with Gasteiger partial charge in [-0.25, -0.2) is 0 Å². The van der Waals surface area contributed by atoms with E-state index in [2.05, 4.69) is 4.74 Å². The smallest absolute Gasteiger partial charge is 0.319 e. The highest BCUT2D eigenvalue weighted by Crippen LogP contribution is 2.38. The van der Waals surface area contributed by atoms with E-state index in [1.54, 1.807) is 0 Å². The fraction of sp³-hybridized carbons (Fsp3) is 0.857. The molecule has 6 nitrogen and oxygen atoms in total. The third kappa shape index (κ3) is 2.96. The van der Waals surface area contributed by atoms with Gasteiger partial charge in [0.1, 0.15) is 0 Å². The minimum absolute atomic E-state index is 0.0249. The molecular formula is C14H25N3O3. The number of amides is 1. The number of carbonyl (C=O) groups is 2. The number of hydrogen-bond acceptors (Lipinski definition) is 5. The maximum absolute atomic E-state index is 12.7. The van der Waals surface area contributed by atoms with E-state index >= 15 is 0 Å². The zero-order valence-corrected chi connectivity index (χ0v) is 12.4. The van der Waals surface area contributed by atoms with Crippen LogP contribution in [0, 0.1) is 5.41 Å². The molecule has 1 amide bonds. The van der Waals surface area contributed by atoms with Gasteiger partial charge in [0.2, 0.25) is 5.91 Å². The molecule has 1 heterocycles. The van der Waals surface area contributed by atoms with Crippen LogP contribution in [-0.4, -0.2) is 67.6 Å². The second-order valence-electron chi connectivity index (χ2n) is 6.06. The topological polar surface area (TPSA) is 75.9 Å². The number of carbonyl (C=O) groups excluding carboxylic acids is 2. The van der Waals surface area contributed by atoms with E-state index < -0.39 is 5.41 Å². The summed E-state index contributed by atoms with van der Waals surface area (Å²) < 4.78 is 4.66. The minimum atomic E-state index is -0.398. The van der Waals surface area contributed by atoms with Crippen LogP contribution in [0.5, 0.6) is 0 Å². The average Bonchev–Trinajstić information content (AvgIpc) is 2.80. The Morgan fingerprint density at radius 3 is 2.45 bits per heavy atom. The summed E-state index contributed by atoms with van der Waals surface area (Å²) in [5.41, 5.74) is 5.71. The zero-order valence-electron chi connectivity index (χ0n) is 12.4. The van der Waals surface area contributed by atoms with Gasteiger partial charge in [-0.1, -0.05) is 6.42 Å². The van der Waals surface area contributed by atoms with Gasteiger partial charge < -0.3 is 15.4 Å². The third-order valence-electron chi connectivity index (χ3n) is 4.76. The summed E-state index contributed by atoms with van der Waals surface area (Å²) in [7, 11) is 1.39. The Morgan fingerprint density at radius 2 is 1.95 bits per heavy atom. The zero-order chi connectivity index (χ0) is 14.8. The predicted molar refractivity (Wildman–Crippen MR) is 75.0 cm³/mol. The molecule has 1 saturated carbocycles. The number of methoxy groups -OCH3 is 1. The summed E-state index contributed by atoms with van der Waals surface area (Å²) in [4.78, 5) is 27.8. The Morgan fingerprint density at radius 1 is 1.30 bits per heavy atom. The molecular weight excluding hydrogens is 258 g/mol. The van der Waals surface area contributed by atoms with Crippen molar-refractivity contribution in [2.75, 3.05) is 39.8 Å². The summed E-state index contributed by atoms with van der Waals surface area (Å²) in [5.74, 6) is -0.0465. The summed E-state index contributed by atoms with van der Waals surface area (Å²) >= 11 is 0. The first-order valence-corrected chi connectivity index (χ1v) is 7.31. The summed E-state index contributed by atoms with van der Waals surface area (Å²) in [6.07, 6.45) is 2.85. The molecule has 0 bridgehead atoms. The van der Waals surface area contributed by atoms with Gasteiger partial charge in [-0.2, -0.15) is 0 Å². The van der Waals surface area contributed by atoms with Crippen LogP contribution in [0.1, 0.15) is 26.2 Å². The van der Waals surface area contributed by atoms with E-state index in [-0.39, 0.29) is 17.9 Å². The molecule has 2 fully saturated rings. The fourth-order valence-corrected chi connectivity index (χ4v) is 3.18. The van der Waals surface area contributed by atoms with Gasteiger partial charge in [0, 0.05) is 32.2 Å². The van der Waals surface area contributed by atoms with E-state index in [9.17, 15) is 9.59 Å². The van der Waals surface area contributed by atoms with E-state index in [1.807, 2.05) is 16.7 Å². The van der Waals surface area contributed by atoms with Crippen molar-refractivity contribution in [2.24, 2.45) is 11.1 Å². The molecule has 114 valence electrons. The molecule has 2 atom stereocenters. The molecule has 2 unspecified atom stereocenters. The Balaban J connectivity index is 1.87. The van der Waals surface area contributed by atoms with Crippen LogP contribution in [0.3, 0.4) is 0 Å². The van der Waals surface area contributed by atoms with E-state index in [1.165, 1.54) is 7.11 Å². The number of hydrogen-bond donors (Lipinski definition) is 1. The Labute approximate surface area is 120 Å². The molecule has 0 aromatic carbocycles. The number of piperazine rings is 1. The molecule has 1 aliphatic carbocycles. The number of nitrogens with zero attached hydrogens (tertiary/aromatic N) is 2. The van der Waals surface area contributed by atoms with Crippen LogP contribution in [-0.2, 0) is 14.3 Å². The quantitative estimate of drug-likeness (QED) is 0.727. The van der Waals surface area contributed by atoms with Gasteiger partial charge >= 0.3 is 5.97 Å². The summed E-state index contributed by atoms with van der Waals surface area (Å²) in [5, 5.41) is 0. The van der Waals surface area contributed by atoms with Crippen molar-refractivity contribution in [1.29, 1.82) is 0 Å².